The number of nitrogens with one attached hydrogen (secondary N) is 2. The summed E-state index contributed by atoms with van der Waals surface area (Å²) >= 11 is 5.89. The molecular formula is C11H13ClN4O. The maximum absolute atomic E-state index is 7.42. The fourth-order valence-corrected chi connectivity index (χ4v) is 1.27. The molecule has 1 aromatic rings. The van der Waals surface area contributed by atoms with Crippen LogP contribution < -0.4 is 15.8 Å². The van der Waals surface area contributed by atoms with Gasteiger partial charge in [0.1, 0.15) is 10.8 Å². The van der Waals surface area contributed by atoms with E-state index in [2.05, 4.69) is 17.0 Å². The van der Waals surface area contributed by atoms with Gasteiger partial charge in [-0.25, -0.2) is 4.99 Å². The topological polar surface area (TPSA) is 83.5 Å². The summed E-state index contributed by atoms with van der Waals surface area (Å²) in [5.74, 6) is 0.568. The average molecular weight is 253 g/mol. The van der Waals surface area contributed by atoms with Gasteiger partial charge in [-0.3, -0.25) is 5.41 Å². The van der Waals surface area contributed by atoms with Crippen LogP contribution in [0.3, 0.4) is 0 Å². The van der Waals surface area contributed by atoms with E-state index in [0.29, 0.717) is 11.4 Å². The summed E-state index contributed by atoms with van der Waals surface area (Å²) in [4.78, 5) is 3.42. The molecule has 0 aliphatic rings. The van der Waals surface area contributed by atoms with E-state index in [9.17, 15) is 0 Å². The number of hydrogen-bond donors (Lipinski definition) is 3. The number of hydrogen-bond acceptors (Lipinski definition) is 4. The SMILES string of the molecule is C=NC(=N)C(Cl)=C(NC)Oc1cccc(N)c1. The molecule has 4 N–H and O–H groups in total. The van der Waals surface area contributed by atoms with E-state index in [-0.39, 0.29) is 16.8 Å². The molecule has 0 aliphatic carbocycles. The predicted molar refractivity (Wildman–Crippen MR) is 70.7 cm³/mol. The van der Waals surface area contributed by atoms with Crippen molar-refractivity contribution in [1.29, 1.82) is 5.41 Å². The minimum Gasteiger partial charge on any atom is -0.440 e. The summed E-state index contributed by atoms with van der Waals surface area (Å²) in [6.07, 6.45) is 0. The van der Waals surface area contributed by atoms with Crippen molar-refractivity contribution in [1.82, 2.24) is 5.32 Å². The van der Waals surface area contributed by atoms with Crippen LogP contribution in [0.15, 0.2) is 40.2 Å². The monoisotopic (exact) mass is 252 g/mol. The van der Waals surface area contributed by atoms with Crippen molar-refractivity contribution >= 4 is 29.8 Å². The minimum atomic E-state index is -0.167. The highest BCUT2D eigenvalue weighted by Gasteiger charge is 2.10. The average Bonchev–Trinajstić information content (AvgIpc) is 2.34. The molecule has 0 bridgehead atoms. The number of rotatable bonds is 4. The molecule has 0 heterocycles. The van der Waals surface area contributed by atoms with Gasteiger partial charge in [0.15, 0.2) is 5.84 Å². The van der Waals surface area contributed by atoms with Crippen molar-refractivity contribution < 1.29 is 4.74 Å². The first-order chi connectivity index (χ1) is 8.08. The molecular weight excluding hydrogens is 240 g/mol. The van der Waals surface area contributed by atoms with Gasteiger partial charge in [-0.1, -0.05) is 17.7 Å². The second-order valence-corrected chi connectivity index (χ2v) is 3.45. The van der Waals surface area contributed by atoms with E-state index in [1.54, 1.807) is 31.3 Å². The zero-order valence-corrected chi connectivity index (χ0v) is 10.1. The Morgan fingerprint density at radius 1 is 1.59 bits per heavy atom. The number of nitrogen functional groups attached to an aromatic ring is 1. The van der Waals surface area contributed by atoms with Crippen LogP contribution >= 0.6 is 11.6 Å². The van der Waals surface area contributed by atoms with Crippen molar-refractivity contribution in [3.05, 3.63) is 35.2 Å². The van der Waals surface area contributed by atoms with E-state index >= 15 is 0 Å². The van der Waals surface area contributed by atoms with Gasteiger partial charge < -0.3 is 15.8 Å². The van der Waals surface area contributed by atoms with Crippen LogP contribution in [0, 0.1) is 5.41 Å². The number of ether oxygens (including phenoxy) is 1. The third-order valence-corrected chi connectivity index (χ3v) is 2.22. The molecule has 0 fully saturated rings. The Hall–Kier alpha value is -2.01. The molecule has 0 aromatic heterocycles. The van der Waals surface area contributed by atoms with Gasteiger partial charge in [-0.15, -0.1) is 0 Å². The highest BCUT2D eigenvalue weighted by molar-refractivity contribution is 6.43. The standard InChI is InChI=1S/C11H13ClN4O/c1-15-10(14)9(12)11(16-2)17-8-5-3-4-7(13)6-8/h3-6,14,16H,1,13H2,2H3. The number of amidine groups is 1. The van der Waals surface area contributed by atoms with E-state index in [1.807, 2.05) is 0 Å². The highest BCUT2D eigenvalue weighted by atomic mass is 35.5. The highest BCUT2D eigenvalue weighted by Crippen LogP contribution is 2.19. The quantitative estimate of drug-likeness (QED) is 0.331. The van der Waals surface area contributed by atoms with Gasteiger partial charge in [0.2, 0.25) is 5.88 Å². The molecule has 6 heteroatoms. The van der Waals surface area contributed by atoms with Gasteiger partial charge in [0, 0.05) is 18.8 Å². The molecule has 5 nitrogen and oxygen atoms in total. The summed E-state index contributed by atoms with van der Waals surface area (Å²) < 4.78 is 5.46. The number of anilines is 1. The maximum Gasteiger partial charge on any atom is 0.215 e. The van der Waals surface area contributed by atoms with Gasteiger partial charge in [-0.2, -0.15) is 0 Å². The Kier molecular flexibility index (Phi) is 4.54. The van der Waals surface area contributed by atoms with Crippen LogP contribution in [-0.4, -0.2) is 19.6 Å². The lowest BCUT2D eigenvalue weighted by molar-refractivity contribution is 0.391. The van der Waals surface area contributed by atoms with Crippen molar-refractivity contribution in [2.24, 2.45) is 4.99 Å². The molecule has 0 saturated heterocycles. The van der Waals surface area contributed by atoms with E-state index in [1.165, 1.54) is 0 Å². The predicted octanol–water partition coefficient (Wildman–Crippen LogP) is 1.95. The first-order valence-electron chi connectivity index (χ1n) is 4.75. The summed E-state index contributed by atoms with van der Waals surface area (Å²) in [7, 11) is 1.63. The number of nitrogens with zero attached hydrogens (tertiary/aromatic N) is 1. The first kappa shape index (κ1) is 13.1. The Bertz CT molecular complexity index is 470. The Morgan fingerprint density at radius 3 is 2.82 bits per heavy atom. The third-order valence-electron chi connectivity index (χ3n) is 1.87. The lowest BCUT2D eigenvalue weighted by Gasteiger charge is -2.11. The molecule has 1 rings (SSSR count). The zero-order chi connectivity index (χ0) is 12.8. The first-order valence-corrected chi connectivity index (χ1v) is 5.13. The molecule has 0 saturated carbocycles. The summed E-state index contributed by atoms with van der Waals surface area (Å²) in [5.41, 5.74) is 6.19. The Labute approximate surface area is 104 Å². The van der Waals surface area contributed by atoms with Crippen LogP contribution in [0.1, 0.15) is 0 Å². The molecule has 0 radical (unpaired) electrons. The second kappa shape index (κ2) is 5.91. The molecule has 0 aliphatic heterocycles. The molecule has 17 heavy (non-hydrogen) atoms. The summed E-state index contributed by atoms with van der Waals surface area (Å²) in [6.45, 7) is 3.22. The van der Waals surface area contributed by atoms with Gasteiger partial charge in [0.05, 0.1) is 0 Å². The fraction of sp³-hybridized carbons (Fsp3) is 0.0909. The zero-order valence-electron chi connectivity index (χ0n) is 9.33. The van der Waals surface area contributed by atoms with Crippen molar-refractivity contribution in [2.75, 3.05) is 12.8 Å². The number of nitrogens with two attached hydrogens (primary N) is 1. The lowest BCUT2D eigenvalue weighted by atomic mass is 10.3. The van der Waals surface area contributed by atoms with Gasteiger partial charge >= 0.3 is 0 Å². The van der Waals surface area contributed by atoms with Crippen molar-refractivity contribution in [3.63, 3.8) is 0 Å². The van der Waals surface area contributed by atoms with Gasteiger partial charge in [-0.05, 0) is 18.9 Å². The van der Waals surface area contributed by atoms with Crippen LogP contribution in [-0.2, 0) is 0 Å². The minimum absolute atomic E-state index is 0.0462. The lowest BCUT2D eigenvalue weighted by Crippen LogP contribution is -2.16. The molecule has 90 valence electrons. The maximum atomic E-state index is 7.42. The molecule has 0 atom stereocenters. The van der Waals surface area contributed by atoms with Crippen LogP contribution in [0.2, 0.25) is 0 Å². The van der Waals surface area contributed by atoms with Crippen LogP contribution in [0.25, 0.3) is 0 Å². The molecule has 0 spiro atoms. The number of aliphatic imine (C=N–C) groups is 1. The van der Waals surface area contributed by atoms with E-state index < -0.39 is 0 Å². The van der Waals surface area contributed by atoms with Crippen LogP contribution in [0.5, 0.6) is 5.75 Å². The van der Waals surface area contributed by atoms with E-state index in [0.717, 1.165) is 0 Å². The van der Waals surface area contributed by atoms with Crippen molar-refractivity contribution in [2.45, 2.75) is 0 Å². The smallest absolute Gasteiger partial charge is 0.215 e. The molecule has 1 aromatic carbocycles. The van der Waals surface area contributed by atoms with Gasteiger partial charge in [0.25, 0.3) is 0 Å². The number of benzene rings is 1. The molecule has 0 amide bonds. The fourth-order valence-electron chi connectivity index (χ4n) is 1.08. The summed E-state index contributed by atoms with van der Waals surface area (Å²) in [5, 5.41) is 10.2. The van der Waals surface area contributed by atoms with Crippen LogP contribution in [0.4, 0.5) is 5.69 Å². The largest absolute Gasteiger partial charge is 0.440 e. The Morgan fingerprint density at radius 2 is 2.29 bits per heavy atom. The number of halogens is 1. The normalized spacial score (nSPS) is 11.4. The molecule has 0 unspecified atom stereocenters. The third kappa shape index (κ3) is 3.49. The Balaban J connectivity index is 2.98. The summed E-state index contributed by atoms with van der Waals surface area (Å²) in [6, 6.07) is 6.86. The second-order valence-electron chi connectivity index (χ2n) is 3.07. The van der Waals surface area contributed by atoms with Crippen molar-refractivity contribution in [3.8, 4) is 5.75 Å². The van der Waals surface area contributed by atoms with E-state index in [4.69, 9.17) is 27.5 Å².